The van der Waals surface area contributed by atoms with Crippen LogP contribution >= 0.6 is 11.6 Å². The second-order valence-corrected chi connectivity index (χ2v) is 3.42. The number of pyridine rings is 1. The van der Waals surface area contributed by atoms with E-state index in [1.807, 2.05) is 0 Å². The number of H-pyrrole nitrogens is 1. The third-order valence-corrected chi connectivity index (χ3v) is 2.22. The quantitative estimate of drug-likeness (QED) is 0.760. The maximum absolute atomic E-state index is 10.9. The monoisotopic (exact) mass is 221 g/mol. The van der Waals surface area contributed by atoms with Gasteiger partial charge in [0.25, 0.3) is 5.91 Å². The molecule has 0 atom stereocenters. The molecule has 1 amide bonds. The average Bonchev–Trinajstić information content (AvgIpc) is 2.66. The molecule has 0 saturated heterocycles. The maximum Gasteiger partial charge on any atom is 0.265 e. The van der Waals surface area contributed by atoms with Crippen molar-refractivity contribution in [2.24, 2.45) is 5.73 Å². The number of hydrogen-bond donors (Lipinski definition) is 2. The molecule has 0 bridgehead atoms. The van der Waals surface area contributed by atoms with Crippen molar-refractivity contribution in [3.05, 3.63) is 41.4 Å². The Morgan fingerprint density at radius 3 is 2.80 bits per heavy atom. The second kappa shape index (κ2) is 3.74. The van der Waals surface area contributed by atoms with Gasteiger partial charge in [0.15, 0.2) is 0 Å². The standard InChI is InChI=1S/C10H8ClN3O/c11-9-4-6(1-2-13-9)7-3-8(10(12)15)14-5-7/h1-5,14H,(H2,12,15). The van der Waals surface area contributed by atoms with Crippen LogP contribution in [0.15, 0.2) is 30.6 Å². The lowest BCUT2D eigenvalue weighted by Gasteiger charge is -1.96. The van der Waals surface area contributed by atoms with Crippen molar-refractivity contribution in [1.82, 2.24) is 9.97 Å². The van der Waals surface area contributed by atoms with E-state index in [1.54, 1.807) is 30.6 Å². The van der Waals surface area contributed by atoms with E-state index in [1.165, 1.54) is 0 Å². The number of halogens is 1. The molecule has 4 nitrogen and oxygen atoms in total. The largest absolute Gasteiger partial charge is 0.364 e. The summed E-state index contributed by atoms with van der Waals surface area (Å²) in [6, 6.07) is 5.20. The summed E-state index contributed by atoms with van der Waals surface area (Å²) in [5, 5.41) is 0.411. The Hall–Kier alpha value is -1.81. The lowest BCUT2D eigenvalue weighted by Crippen LogP contribution is -2.10. The Morgan fingerprint density at radius 1 is 1.40 bits per heavy atom. The number of nitrogens with one attached hydrogen (secondary N) is 1. The summed E-state index contributed by atoms with van der Waals surface area (Å²) < 4.78 is 0. The molecule has 0 aromatic carbocycles. The first-order valence-corrected chi connectivity index (χ1v) is 4.65. The predicted octanol–water partition coefficient (Wildman–Crippen LogP) is 1.83. The van der Waals surface area contributed by atoms with Gasteiger partial charge in [-0.05, 0) is 23.8 Å². The van der Waals surface area contributed by atoms with Gasteiger partial charge >= 0.3 is 0 Å². The van der Waals surface area contributed by atoms with Gasteiger partial charge in [-0.15, -0.1) is 0 Å². The number of nitrogens with zero attached hydrogens (tertiary/aromatic N) is 1. The number of hydrogen-bond acceptors (Lipinski definition) is 2. The predicted molar refractivity (Wildman–Crippen MR) is 57.6 cm³/mol. The van der Waals surface area contributed by atoms with E-state index in [-0.39, 0.29) is 0 Å². The minimum atomic E-state index is -0.485. The number of amides is 1. The Kier molecular flexibility index (Phi) is 2.43. The molecule has 0 unspecified atom stereocenters. The number of aromatic amines is 1. The maximum atomic E-state index is 10.9. The molecule has 0 aliphatic carbocycles. The fourth-order valence-electron chi connectivity index (χ4n) is 1.29. The molecule has 2 heterocycles. The van der Waals surface area contributed by atoms with E-state index in [0.717, 1.165) is 11.1 Å². The zero-order valence-corrected chi connectivity index (χ0v) is 8.45. The van der Waals surface area contributed by atoms with Crippen LogP contribution < -0.4 is 5.73 Å². The topological polar surface area (TPSA) is 71.8 Å². The molecule has 2 aromatic heterocycles. The number of primary amides is 1. The smallest absolute Gasteiger partial charge is 0.265 e. The molecule has 2 aromatic rings. The Labute approximate surface area is 91.1 Å². The van der Waals surface area contributed by atoms with Crippen molar-refractivity contribution in [1.29, 1.82) is 0 Å². The molecule has 0 saturated carbocycles. The summed E-state index contributed by atoms with van der Waals surface area (Å²) >= 11 is 5.75. The molecule has 0 spiro atoms. The lowest BCUT2D eigenvalue weighted by molar-refractivity contribution is 0.0996. The molecule has 2 rings (SSSR count). The van der Waals surface area contributed by atoms with Gasteiger partial charge in [-0.3, -0.25) is 4.79 Å². The van der Waals surface area contributed by atoms with Crippen LogP contribution in [-0.2, 0) is 0 Å². The highest BCUT2D eigenvalue weighted by Crippen LogP contribution is 2.21. The van der Waals surface area contributed by atoms with Crippen molar-refractivity contribution in [2.45, 2.75) is 0 Å². The second-order valence-electron chi connectivity index (χ2n) is 3.03. The van der Waals surface area contributed by atoms with E-state index in [9.17, 15) is 4.79 Å². The minimum Gasteiger partial charge on any atom is -0.364 e. The summed E-state index contributed by atoms with van der Waals surface area (Å²) in [6.07, 6.45) is 3.31. The van der Waals surface area contributed by atoms with Crippen molar-refractivity contribution >= 4 is 17.5 Å². The molecule has 76 valence electrons. The molecule has 0 radical (unpaired) electrons. The highest BCUT2D eigenvalue weighted by Gasteiger charge is 2.06. The third kappa shape index (κ3) is 1.99. The zero-order chi connectivity index (χ0) is 10.8. The number of carbonyl (C=O) groups is 1. The van der Waals surface area contributed by atoms with Crippen LogP contribution in [0.1, 0.15) is 10.5 Å². The van der Waals surface area contributed by atoms with Crippen LogP contribution in [0, 0.1) is 0 Å². The molecule has 0 fully saturated rings. The number of carbonyl (C=O) groups excluding carboxylic acids is 1. The van der Waals surface area contributed by atoms with E-state index < -0.39 is 5.91 Å². The Balaban J connectivity index is 2.41. The number of rotatable bonds is 2. The molecule has 5 heteroatoms. The van der Waals surface area contributed by atoms with Crippen LogP contribution in [0.5, 0.6) is 0 Å². The Morgan fingerprint density at radius 2 is 2.20 bits per heavy atom. The summed E-state index contributed by atoms with van der Waals surface area (Å²) in [6.45, 7) is 0. The van der Waals surface area contributed by atoms with E-state index in [2.05, 4.69) is 9.97 Å². The van der Waals surface area contributed by atoms with Crippen LogP contribution in [0.25, 0.3) is 11.1 Å². The van der Waals surface area contributed by atoms with E-state index >= 15 is 0 Å². The lowest BCUT2D eigenvalue weighted by atomic mass is 10.1. The summed E-state index contributed by atoms with van der Waals surface area (Å²) in [5.74, 6) is -0.485. The van der Waals surface area contributed by atoms with Gasteiger partial charge in [0.2, 0.25) is 0 Å². The van der Waals surface area contributed by atoms with Crippen LogP contribution in [0.4, 0.5) is 0 Å². The SMILES string of the molecule is NC(=O)c1cc(-c2ccnc(Cl)c2)c[nH]1. The first-order chi connectivity index (χ1) is 7.16. The first kappa shape index (κ1) is 9.73. The number of nitrogens with two attached hydrogens (primary N) is 1. The number of aromatic nitrogens is 2. The van der Waals surface area contributed by atoms with Gasteiger partial charge in [-0.2, -0.15) is 0 Å². The summed E-state index contributed by atoms with van der Waals surface area (Å²) in [4.78, 5) is 17.5. The van der Waals surface area contributed by atoms with E-state index in [4.69, 9.17) is 17.3 Å². The van der Waals surface area contributed by atoms with Gasteiger partial charge in [0, 0.05) is 18.0 Å². The summed E-state index contributed by atoms with van der Waals surface area (Å²) in [5.41, 5.74) is 7.24. The van der Waals surface area contributed by atoms with Crippen molar-refractivity contribution in [2.75, 3.05) is 0 Å². The highest BCUT2D eigenvalue weighted by atomic mass is 35.5. The molecule has 3 N–H and O–H groups in total. The van der Waals surface area contributed by atoms with Crippen LogP contribution in [-0.4, -0.2) is 15.9 Å². The van der Waals surface area contributed by atoms with Crippen LogP contribution in [0.2, 0.25) is 5.15 Å². The van der Waals surface area contributed by atoms with Crippen LogP contribution in [0.3, 0.4) is 0 Å². The van der Waals surface area contributed by atoms with Crippen molar-refractivity contribution in [3.63, 3.8) is 0 Å². The molecular weight excluding hydrogens is 214 g/mol. The molecular formula is C10H8ClN3O. The van der Waals surface area contributed by atoms with Gasteiger partial charge < -0.3 is 10.7 Å². The normalized spacial score (nSPS) is 10.2. The minimum absolute atomic E-state index is 0.373. The fraction of sp³-hybridized carbons (Fsp3) is 0. The van der Waals surface area contributed by atoms with Crippen molar-refractivity contribution in [3.8, 4) is 11.1 Å². The molecule has 0 aliphatic heterocycles. The molecule has 15 heavy (non-hydrogen) atoms. The Bertz CT molecular complexity index is 507. The summed E-state index contributed by atoms with van der Waals surface area (Å²) in [7, 11) is 0. The highest BCUT2D eigenvalue weighted by molar-refractivity contribution is 6.29. The third-order valence-electron chi connectivity index (χ3n) is 2.01. The average molecular weight is 222 g/mol. The van der Waals surface area contributed by atoms with Gasteiger partial charge in [-0.1, -0.05) is 11.6 Å². The van der Waals surface area contributed by atoms with E-state index in [0.29, 0.717) is 10.8 Å². The fourth-order valence-corrected chi connectivity index (χ4v) is 1.46. The van der Waals surface area contributed by atoms with Crippen molar-refractivity contribution < 1.29 is 4.79 Å². The zero-order valence-electron chi connectivity index (χ0n) is 7.70. The van der Waals surface area contributed by atoms with Gasteiger partial charge in [-0.25, -0.2) is 4.98 Å². The van der Waals surface area contributed by atoms with Gasteiger partial charge in [0.05, 0.1) is 0 Å². The molecule has 0 aliphatic rings. The van der Waals surface area contributed by atoms with Gasteiger partial charge in [0.1, 0.15) is 10.8 Å². The first-order valence-electron chi connectivity index (χ1n) is 4.27.